The summed E-state index contributed by atoms with van der Waals surface area (Å²) < 4.78 is 5.37. The zero-order valence-electron chi connectivity index (χ0n) is 14.2. The van der Waals surface area contributed by atoms with E-state index in [-0.39, 0.29) is 11.9 Å². The van der Waals surface area contributed by atoms with Gasteiger partial charge in [0.1, 0.15) is 0 Å². The van der Waals surface area contributed by atoms with Gasteiger partial charge in [-0.3, -0.25) is 4.79 Å². The molecule has 0 aromatic rings. The first kappa shape index (κ1) is 19.5. The molecule has 0 aromatic heterocycles. The molecule has 0 spiro atoms. The highest BCUT2D eigenvalue weighted by Crippen LogP contribution is 2.14. The monoisotopic (exact) mass is 284 g/mol. The second-order valence-corrected chi connectivity index (χ2v) is 6.37. The number of rotatable bonds is 13. The van der Waals surface area contributed by atoms with Crippen molar-refractivity contribution in [2.75, 3.05) is 6.61 Å². The van der Waals surface area contributed by atoms with Gasteiger partial charge in [-0.05, 0) is 25.2 Å². The molecule has 0 aromatic carbocycles. The fourth-order valence-corrected chi connectivity index (χ4v) is 2.49. The third-order valence-corrected chi connectivity index (χ3v) is 3.88. The van der Waals surface area contributed by atoms with E-state index in [9.17, 15) is 4.79 Å². The molecule has 0 rings (SSSR count). The summed E-state index contributed by atoms with van der Waals surface area (Å²) in [5.41, 5.74) is 0. The molecule has 0 heterocycles. The van der Waals surface area contributed by atoms with Gasteiger partial charge in [-0.2, -0.15) is 0 Å². The highest BCUT2D eigenvalue weighted by Gasteiger charge is 2.16. The Labute approximate surface area is 126 Å². The predicted molar refractivity (Wildman–Crippen MR) is 86.8 cm³/mol. The minimum atomic E-state index is 0.0197. The molecule has 0 amide bonds. The fourth-order valence-electron chi connectivity index (χ4n) is 2.49. The number of ether oxygens (including phenoxy) is 1. The third kappa shape index (κ3) is 11.3. The van der Waals surface area contributed by atoms with Crippen LogP contribution in [0.25, 0.3) is 0 Å². The lowest BCUT2D eigenvalue weighted by molar-refractivity contribution is -0.149. The number of carbonyl (C=O) groups is 1. The van der Waals surface area contributed by atoms with Crippen LogP contribution in [0, 0.1) is 11.8 Å². The van der Waals surface area contributed by atoms with Gasteiger partial charge in [-0.15, -0.1) is 0 Å². The lowest BCUT2D eigenvalue weighted by Gasteiger charge is -2.13. The van der Waals surface area contributed by atoms with Gasteiger partial charge in [0.05, 0.1) is 12.5 Å². The lowest BCUT2D eigenvalue weighted by atomic mass is 10.0. The van der Waals surface area contributed by atoms with Crippen LogP contribution in [0.15, 0.2) is 0 Å². The van der Waals surface area contributed by atoms with E-state index in [4.69, 9.17) is 4.74 Å². The third-order valence-electron chi connectivity index (χ3n) is 3.88. The van der Waals surface area contributed by atoms with Crippen LogP contribution in [0.5, 0.6) is 0 Å². The average Bonchev–Trinajstić information content (AvgIpc) is 2.42. The van der Waals surface area contributed by atoms with E-state index >= 15 is 0 Å². The van der Waals surface area contributed by atoms with Gasteiger partial charge in [0.2, 0.25) is 0 Å². The SMILES string of the molecule is CCCC(CC)C(=O)OCCCCCCCCC(C)C. The smallest absolute Gasteiger partial charge is 0.308 e. The maximum absolute atomic E-state index is 11.8. The molecule has 0 aliphatic rings. The molecule has 0 N–H and O–H groups in total. The molecule has 0 saturated heterocycles. The van der Waals surface area contributed by atoms with Crippen LogP contribution in [0.3, 0.4) is 0 Å². The zero-order chi connectivity index (χ0) is 15.2. The molecule has 2 nitrogen and oxygen atoms in total. The molecular formula is C18H36O2. The quantitative estimate of drug-likeness (QED) is 0.318. The zero-order valence-corrected chi connectivity index (χ0v) is 14.2. The summed E-state index contributed by atoms with van der Waals surface area (Å²) in [6.45, 7) is 9.38. The Morgan fingerprint density at radius 1 is 0.900 bits per heavy atom. The molecule has 0 aliphatic heterocycles. The summed E-state index contributed by atoms with van der Waals surface area (Å²) in [6.07, 6.45) is 11.8. The van der Waals surface area contributed by atoms with Gasteiger partial charge in [-0.1, -0.05) is 72.6 Å². The first-order valence-electron chi connectivity index (χ1n) is 8.78. The van der Waals surface area contributed by atoms with Gasteiger partial charge < -0.3 is 4.74 Å². The molecule has 1 unspecified atom stereocenters. The van der Waals surface area contributed by atoms with Gasteiger partial charge in [0.15, 0.2) is 0 Å². The van der Waals surface area contributed by atoms with Crippen molar-refractivity contribution >= 4 is 5.97 Å². The molecule has 1 atom stereocenters. The topological polar surface area (TPSA) is 26.3 Å². The molecule has 0 aliphatic carbocycles. The van der Waals surface area contributed by atoms with Crippen LogP contribution in [-0.4, -0.2) is 12.6 Å². The van der Waals surface area contributed by atoms with Crippen molar-refractivity contribution in [3.8, 4) is 0 Å². The minimum Gasteiger partial charge on any atom is -0.465 e. The normalized spacial score (nSPS) is 12.7. The van der Waals surface area contributed by atoms with Crippen molar-refractivity contribution in [3.63, 3.8) is 0 Å². The summed E-state index contributed by atoms with van der Waals surface area (Å²) in [7, 11) is 0. The van der Waals surface area contributed by atoms with Gasteiger partial charge >= 0.3 is 5.97 Å². The van der Waals surface area contributed by atoms with E-state index in [2.05, 4.69) is 27.7 Å². The second kappa shape index (κ2) is 13.5. The van der Waals surface area contributed by atoms with Crippen LogP contribution in [0.1, 0.15) is 91.9 Å². The largest absolute Gasteiger partial charge is 0.465 e. The maximum atomic E-state index is 11.8. The van der Waals surface area contributed by atoms with Crippen molar-refractivity contribution in [1.82, 2.24) is 0 Å². The molecular weight excluding hydrogens is 248 g/mol. The molecule has 0 saturated carbocycles. The molecule has 0 fully saturated rings. The Hall–Kier alpha value is -0.530. The highest BCUT2D eigenvalue weighted by molar-refractivity contribution is 5.72. The molecule has 0 radical (unpaired) electrons. The number of unbranched alkanes of at least 4 members (excludes halogenated alkanes) is 5. The van der Waals surface area contributed by atoms with Gasteiger partial charge in [0, 0.05) is 0 Å². The number of esters is 1. The Kier molecular flexibility index (Phi) is 13.1. The van der Waals surface area contributed by atoms with Crippen molar-refractivity contribution < 1.29 is 9.53 Å². The van der Waals surface area contributed by atoms with Crippen molar-refractivity contribution in [3.05, 3.63) is 0 Å². The van der Waals surface area contributed by atoms with E-state index in [1.807, 2.05) is 0 Å². The first-order chi connectivity index (χ1) is 9.61. The Balaban J connectivity index is 3.37. The van der Waals surface area contributed by atoms with E-state index in [0.29, 0.717) is 6.61 Å². The summed E-state index contributed by atoms with van der Waals surface area (Å²) in [4.78, 5) is 11.8. The highest BCUT2D eigenvalue weighted by atomic mass is 16.5. The molecule has 120 valence electrons. The lowest BCUT2D eigenvalue weighted by Crippen LogP contribution is -2.17. The number of hydrogen-bond acceptors (Lipinski definition) is 2. The van der Waals surface area contributed by atoms with Gasteiger partial charge in [0.25, 0.3) is 0 Å². The molecule has 0 bridgehead atoms. The van der Waals surface area contributed by atoms with Gasteiger partial charge in [-0.25, -0.2) is 0 Å². The average molecular weight is 284 g/mol. The van der Waals surface area contributed by atoms with Crippen LogP contribution < -0.4 is 0 Å². The Bertz CT molecular complexity index is 223. The first-order valence-corrected chi connectivity index (χ1v) is 8.78. The summed E-state index contributed by atoms with van der Waals surface area (Å²) in [6, 6.07) is 0. The Morgan fingerprint density at radius 3 is 2.05 bits per heavy atom. The molecule has 2 heteroatoms. The molecule has 20 heavy (non-hydrogen) atoms. The second-order valence-electron chi connectivity index (χ2n) is 6.37. The Morgan fingerprint density at radius 2 is 1.50 bits per heavy atom. The number of hydrogen-bond donors (Lipinski definition) is 0. The van der Waals surface area contributed by atoms with Crippen molar-refractivity contribution in [2.45, 2.75) is 91.9 Å². The maximum Gasteiger partial charge on any atom is 0.308 e. The van der Waals surface area contributed by atoms with E-state index in [0.717, 1.165) is 31.6 Å². The summed E-state index contributed by atoms with van der Waals surface area (Å²) in [5, 5.41) is 0. The van der Waals surface area contributed by atoms with Crippen molar-refractivity contribution in [1.29, 1.82) is 0 Å². The minimum absolute atomic E-state index is 0.0197. The summed E-state index contributed by atoms with van der Waals surface area (Å²) >= 11 is 0. The van der Waals surface area contributed by atoms with Crippen LogP contribution in [-0.2, 0) is 9.53 Å². The van der Waals surface area contributed by atoms with E-state index in [1.165, 1.54) is 38.5 Å². The standard InChI is InChI=1S/C18H36O2/c1-5-13-17(6-2)18(19)20-15-12-10-8-7-9-11-14-16(3)4/h16-17H,5-15H2,1-4H3. The van der Waals surface area contributed by atoms with Crippen LogP contribution in [0.2, 0.25) is 0 Å². The van der Waals surface area contributed by atoms with E-state index < -0.39 is 0 Å². The predicted octanol–water partition coefficient (Wildman–Crippen LogP) is 5.74. The van der Waals surface area contributed by atoms with Crippen molar-refractivity contribution in [2.24, 2.45) is 11.8 Å². The van der Waals surface area contributed by atoms with Crippen LogP contribution in [0.4, 0.5) is 0 Å². The number of carbonyl (C=O) groups excluding carboxylic acids is 1. The summed E-state index contributed by atoms with van der Waals surface area (Å²) in [5.74, 6) is 0.978. The fraction of sp³-hybridized carbons (Fsp3) is 0.944. The van der Waals surface area contributed by atoms with E-state index in [1.54, 1.807) is 0 Å². The van der Waals surface area contributed by atoms with Crippen LogP contribution >= 0.6 is 0 Å².